The van der Waals surface area contributed by atoms with Gasteiger partial charge >= 0.3 is 5.97 Å². The van der Waals surface area contributed by atoms with Crippen LogP contribution in [0, 0.1) is 5.82 Å². The lowest BCUT2D eigenvalue weighted by molar-refractivity contribution is 0.0527. The second-order valence-corrected chi connectivity index (χ2v) is 4.90. The Kier molecular flexibility index (Phi) is 6.49. The van der Waals surface area contributed by atoms with Gasteiger partial charge < -0.3 is 15.8 Å². The van der Waals surface area contributed by atoms with E-state index < -0.39 is 11.8 Å². The number of anilines is 2. The molecule has 0 unspecified atom stereocenters. The average Bonchev–Trinajstić information content (AvgIpc) is 2.37. The van der Waals surface area contributed by atoms with Crippen molar-refractivity contribution in [1.29, 1.82) is 0 Å². The molecule has 0 aromatic heterocycles. The molecule has 0 saturated heterocycles. The van der Waals surface area contributed by atoms with Gasteiger partial charge in [0.05, 0.1) is 17.9 Å². The summed E-state index contributed by atoms with van der Waals surface area (Å²) in [4.78, 5) is 11.6. The number of halogens is 1. The Balaban J connectivity index is 2.81. The number of nitrogens with two attached hydrogens (primary N) is 1. The molecule has 0 spiro atoms. The molecule has 0 fully saturated rings. The van der Waals surface area contributed by atoms with Crippen LogP contribution in [0.1, 0.15) is 23.7 Å². The number of ether oxygens (including phenoxy) is 1. The first kappa shape index (κ1) is 15.6. The molecule has 0 amide bonds. The first-order valence-corrected chi connectivity index (χ1v) is 7.48. The van der Waals surface area contributed by atoms with Gasteiger partial charge in [-0.05, 0) is 37.5 Å². The second kappa shape index (κ2) is 7.89. The van der Waals surface area contributed by atoms with Crippen LogP contribution >= 0.6 is 11.8 Å². The fraction of sp³-hybridized carbons (Fsp3) is 0.462. The monoisotopic (exact) mass is 286 g/mol. The van der Waals surface area contributed by atoms with Crippen molar-refractivity contribution in [3.63, 3.8) is 0 Å². The molecule has 106 valence electrons. The van der Waals surface area contributed by atoms with Gasteiger partial charge in [0, 0.05) is 12.2 Å². The molecule has 4 nitrogen and oxygen atoms in total. The zero-order valence-corrected chi connectivity index (χ0v) is 12.0. The van der Waals surface area contributed by atoms with Crippen molar-refractivity contribution in [2.45, 2.75) is 13.3 Å². The van der Waals surface area contributed by atoms with Crippen LogP contribution in [-0.2, 0) is 4.74 Å². The normalized spacial score (nSPS) is 10.3. The summed E-state index contributed by atoms with van der Waals surface area (Å²) in [6.45, 7) is 2.61. The molecule has 0 saturated carbocycles. The minimum atomic E-state index is -0.535. The molecule has 0 aliphatic heterocycles. The summed E-state index contributed by atoms with van der Waals surface area (Å²) in [6.07, 6.45) is 2.93. The number of hydrogen-bond acceptors (Lipinski definition) is 5. The van der Waals surface area contributed by atoms with E-state index in [0.29, 0.717) is 6.54 Å². The Labute approximate surface area is 116 Å². The Bertz CT molecular complexity index is 441. The molecule has 19 heavy (non-hydrogen) atoms. The fourth-order valence-electron chi connectivity index (χ4n) is 1.55. The molecule has 0 radical (unpaired) electrons. The number of nitrogens with one attached hydrogen (secondary N) is 1. The summed E-state index contributed by atoms with van der Waals surface area (Å²) in [6, 6.07) is 2.55. The zero-order valence-electron chi connectivity index (χ0n) is 11.2. The van der Waals surface area contributed by atoms with E-state index in [1.54, 1.807) is 18.7 Å². The van der Waals surface area contributed by atoms with E-state index in [1.807, 2.05) is 6.26 Å². The van der Waals surface area contributed by atoms with Crippen LogP contribution in [0.15, 0.2) is 12.1 Å². The van der Waals surface area contributed by atoms with Crippen LogP contribution in [0.2, 0.25) is 0 Å². The highest BCUT2D eigenvalue weighted by atomic mass is 32.2. The van der Waals surface area contributed by atoms with Gasteiger partial charge in [0.2, 0.25) is 0 Å². The van der Waals surface area contributed by atoms with Crippen molar-refractivity contribution in [2.24, 2.45) is 0 Å². The van der Waals surface area contributed by atoms with E-state index in [1.165, 1.54) is 6.07 Å². The molecule has 0 atom stereocenters. The van der Waals surface area contributed by atoms with Crippen molar-refractivity contribution < 1.29 is 13.9 Å². The van der Waals surface area contributed by atoms with Crippen molar-refractivity contribution in [1.82, 2.24) is 0 Å². The predicted octanol–water partition coefficient (Wildman–Crippen LogP) is 2.75. The van der Waals surface area contributed by atoms with E-state index in [0.717, 1.165) is 18.2 Å². The highest BCUT2D eigenvalue weighted by Gasteiger charge is 2.14. The molecule has 1 aromatic carbocycles. The van der Waals surface area contributed by atoms with Crippen molar-refractivity contribution in [3.05, 3.63) is 23.5 Å². The third kappa shape index (κ3) is 4.63. The predicted molar refractivity (Wildman–Crippen MR) is 78.3 cm³/mol. The summed E-state index contributed by atoms with van der Waals surface area (Å²) in [5, 5.41) is 2.96. The topological polar surface area (TPSA) is 64.3 Å². The molecule has 3 N–H and O–H groups in total. The molecule has 6 heteroatoms. The van der Waals surface area contributed by atoms with Crippen LogP contribution in [0.5, 0.6) is 0 Å². The van der Waals surface area contributed by atoms with E-state index in [2.05, 4.69) is 5.32 Å². The number of esters is 1. The van der Waals surface area contributed by atoms with Crippen LogP contribution in [0.3, 0.4) is 0 Å². The summed E-state index contributed by atoms with van der Waals surface area (Å²) >= 11 is 1.73. The van der Waals surface area contributed by atoms with Crippen molar-refractivity contribution in [3.8, 4) is 0 Å². The van der Waals surface area contributed by atoms with Crippen LogP contribution in [0.25, 0.3) is 0 Å². The van der Waals surface area contributed by atoms with Gasteiger partial charge in [0.15, 0.2) is 0 Å². The van der Waals surface area contributed by atoms with Gasteiger partial charge in [-0.1, -0.05) is 0 Å². The fourth-order valence-corrected chi connectivity index (χ4v) is 1.98. The Morgan fingerprint density at radius 3 is 2.89 bits per heavy atom. The second-order valence-electron chi connectivity index (χ2n) is 3.91. The summed E-state index contributed by atoms with van der Waals surface area (Å²) in [5.74, 6) is -0.00390. The molecule has 1 rings (SSSR count). The van der Waals surface area contributed by atoms with Gasteiger partial charge in [-0.15, -0.1) is 0 Å². The quantitative estimate of drug-likeness (QED) is 0.458. The maximum absolute atomic E-state index is 13.7. The number of nitrogen functional groups attached to an aromatic ring is 1. The van der Waals surface area contributed by atoms with Gasteiger partial charge in [-0.25, -0.2) is 9.18 Å². The first-order chi connectivity index (χ1) is 9.10. The maximum Gasteiger partial charge on any atom is 0.340 e. The molecule has 1 aromatic rings. The van der Waals surface area contributed by atoms with E-state index in [4.69, 9.17) is 10.5 Å². The van der Waals surface area contributed by atoms with Gasteiger partial charge in [-0.2, -0.15) is 11.8 Å². The molecule has 0 bridgehead atoms. The lowest BCUT2D eigenvalue weighted by Crippen LogP contribution is -2.11. The van der Waals surface area contributed by atoms with Crippen molar-refractivity contribution in [2.75, 3.05) is 36.2 Å². The molecule has 0 heterocycles. The molecular weight excluding hydrogens is 267 g/mol. The van der Waals surface area contributed by atoms with Crippen molar-refractivity contribution >= 4 is 29.1 Å². The number of carbonyl (C=O) groups excluding carboxylic acids is 1. The van der Waals surface area contributed by atoms with E-state index in [-0.39, 0.29) is 23.5 Å². The van der Waals surface area contributed by atoms with Gasteiger partial charge in [0.1, 0.15) is 5.82 Å². The summed E-state index contributed by atoms with van der Waals surface area (Å²) in [5.41, 5.74) is 6.18. The molecule has 0 aliphatic rings. The number of carbonyl (C=O) groups is 1. The van der Waals surface area contributed by atoms with Gasteiger partial charge in [0.25, 0.3) is 0 Å². The summed E-state index contributed by atoms with van der Waals surface area (Å²) < 4.78 is 18.6. The number of hydrogen-bond donors (Lipinski definition) is 2. The third-order valence-electron chi connectivity index (χ3n) is 2.48. The SMILES string of the molecule is CCOC(=O)c1cc(NCCCSC)c(F)cc1N. The largest absolute Gasteiger partial charge is 0.462 e. The third-order valence-corrected chi connectivity index (χ3v) is 3.17. The smallest absolute Gasteiger partial charge is 0.340 e. The zero-order chi connectivity index (χ0) is 14.3. The minimum Gasteiger partial charge on any atom is -0.462 e. The van der Waals surface area contributed by atoms with Crippen LogP contribution in [-0.4, -0.2) is 31.1 Å². The first-order valence-electron chi connectivity index (χ1n) is 6.09. The minimum absolute atomic E-state index is 0.0885. The molecular formula is C13H19FN2O2S. The molecule has 0 aliphatic carbocycles. The number of benzene rings is 1. The lowest BCUT2D eigenvalue weighted by Gasteiger charge is -2.11. The Morgan fingerprint density at radius 1 is 1.53 bits per heavy atom. The maximum atomic E-state index is 13.7. The highest BCUT2D eigenvalue weighted by molar-refractivity contribution is 7.98. The Hall–Kier alpha value is -1.43. The van der Waals surface area contributed by atoms with E-state index >= 15 is 0 Å². The summed E-state index contributed by atoms with van der Waals surface area (Å²) in [7, 11) is 0. The lowest BCUT2D eigenvalue weighted by atomic mass is 10.1. The Morgan fingerprint density at radius 2 is 2.26 bits per heavy atom. The average molecular weight is 286 g/mol. The van der Waals surface area contributed by atoms with Crippen LogP contribution < -0.4 is 11.1 Å². The number of rotatable bonds is 7. The van der Waals surface area contributed by atoms with Crippen LogP contribution in [0.4, 0.5) is 15.8 Å². The van der Waals surface area contributed by atoms with E-state index in [9.17, 15) is 9.18 Å². The standard InChI is InChI=1S/C13H19FN2O2S/c1-3-18-13(17)9-7-12(10(14)8-11(9)15)16-5-4-6-19-2/h7-8,16H,3-6,15H2,1-2H3. The number of thioether (sulfide) groups is 1. The highest BCUT2D eigenvalue weighted by Crippen LogP contribution is 2.23. The van der Waals surface area contributed by atoms with Gasteiger partial charge in [-0.3, -0.25) is 0 Å².